The predicted octanol–water partition coefficient (Wildman–Crippen LogP) is 3.68. The van der Waals surface area contributed by atoms with Crippen LogP contribution in [0.25, 0.3) is 0 Å². The van der Waals surface area contributed by atoms with Crippen molar-refractivity contribution in [3.8, 4) is 5.88 Å². The smallest absolute Gasteiger partial charge is 0.404 e. The Morgan fingerprint density at radius 1 is 1.09 bits per heavy atom. The van der Waals surface area contributed by atoms with E-state index in [1.807, 2.05) is 0 Å². The number of hydrogen-bond acceptors (Lipinski definition) is 3. The Balaban J connectivity index is 2.33. The maximum absolute atomic E-state index is 12.8. The summed E-state index contributed by atoms with van der Waals surface area (Å²) in [4.78, 5) is 11.8. The molecule has 1 aromatic heterocycles. The number of ether oxygens (including phenoxy) is 1. The van der Waals surface area contributed by atoms with Crippen LogP contribution >= 0.6 is 0 Å². The molecule has 0 amide bonds. The van der Waals surface area contributed by atoms with Crippen molar-refractivity contribution in [2.45, 2.75) is 12.4 Å². The molecule has 2 aromatic rings. The molecule has 0 unspecified atom stereocenters. The minimum atomic E-state index is -4.81. The number of halogens is 6. The molecular formula is C13H8F6N2O2. The largest absolute Gasteiger partial charge is 0.435 e. The maximum Gasteiger partial charge on any atom is 0.435 e. The van der Waals surface area contributed by atoms with Gasteiger partial charge in [-0.05, 0) is 12.1 Å². The third-order valence-electron chi connectivity index (χ3n) is 2.78. The third kappa shape index (κ3) is 3.63. The number of aromatic nitrogens is 2. The lowest BCUT2D eigenvalue weighted by Gasteiger charge is -2.11. The second-order valence-electron chi connectivity index (χ2n) is 4.42. The van der Waals surface area contributed by atoms with Gasteiger partial charge in [-0.3, -0.25) is 0 Å². The van der Waals surface area contributed by atoms with E-state index >= 15 is 0 Å². The molecule has 0 fully saturated rings. The van der Waals surface area contributed by atoms with E-state index in [1.54, 1.807) is 0 Å². The Labute approximate surface area is 125 Å². The van der Waals surface area contributed by atoms with Crippen LogP contribution in [0.4, 0.5) is 26.3 Å². The highest BCUT2D eigenvalue weighted by atomic mass is 19.4. The first-order valence-corrected chi connectivity index (χ1v) is 6.00. The zero-order valence-corrected chi connectivity index (χ0v) is 11.4. The van der Waals surface area contributed by atoms with E-state index in [9.17, 15) is 31.1 Å². The van der Waals surface area contributed by atoms with Gasteiger partial charge in [0, 0.05) is 13.1 Å². The molecule has 0 aliphatic heterocycles. The summed E-state index contributed by atoms with van der Waals surface area (Å²) in [5.74, 6) is -2.06. The first-order valence-electron chi connectivity index (χ1n) is 6.00. The number of hydrogen-bond donors (Lipinski definition) is 0. The van der Waals surface area contributed by atoms with Gasteiger partial charge < -0.3 is 4.74 Å². The number of esters is 1. The lowest BCUT2D eigenvalue weighted by Crippen LogP contribution is -2.17. The van der Waals surface area contributed by atoms with Crippen LogP contribution in [0.15, 0.2) is 30.3 Å². The highest BCUT2D eigenvalue weighted by Gasteiger charge is 2.37. The topological polar surface area (TPSA) is 44.1 Å². The number of alkyl halides is 6. The predicted molar refractivity (Wildman–Crippen MR) is 64.6 cm³/mol. The number of carbonyl (C=O) groups excluding carboxylic acids is 1. The summed E-state index contributed by atoms with van der Waals surface area (Å²) < 4.78 is 81.1. The van der Waals surface area contributed by atoms with Crippen LogP contribution in [0, 0.1) is 0 Å². The molecule has 0 N–H and O–H groups in total. The van der Waals surface area contributed by atoms with E-state index in [2.05, 4.69) is 9.84 Å². The molecule has 10 heteroatoms. The van der Waals surface area contributed by atoms with Gasteiger partial charge in [0.15, 0.2) is 5.69 Å². The number of aryl methyl sites for hydroxylation is 1. The summed E-state index contributed by atoms with van der Waals surface area (Å²) in [6.45, 7) is 0. The first kappa shape index (κ1) is 16.8. The van der Waals surface area contributed by atoms with Crippen LogP contribution in [-0.2, 0) is 19.4 Å². The zero-order chi connectivity index (χ0) is 17.4. The minimum absolute atomic E-state index is 0.425. The molecule has 0 radical (unpaired) electrons. The second-order valence-corrected chi connectivity index (χ2v) is 4.42. The Kier molecular flexibility index (Phi) is 4.10. The van der Waals surface area contributed by atoms with Gasteiger partial charge in [-0.25, -0.2) is 9.48 Å². The fraction of sp³-hybridized carbons (Fsp3) is 0.231. The summed E-state index contributed by atoms with van der Waals surface area (Å²) in [6.07, 6.45) is -9.58. The summed E-state index contributed by atoms with van der Waals surface area (Å²) in [5, 5.41) is 3.09. The Hall–Kier alpha value is -2.52. The van der Waals surface area contributed by atoms with E-state index in [0.29, 0.717) is 16.8 Å². The quantitative estimate of drug-likeness (QED) is 0.620. The van der Waals surface area contributed by atoms with E-state index < -0.39 is 41.0 Å². The summed E-state index contributed by atoms with van der Waals surface area (Å²) in [5.41, 5.74) is -3.38. The Morgan fingerprint density at radius 2 is 1.70 bits per heavy atom. The molecule has 0 bridgehead atoms. The molecular weight excluding hydrogens is 330 g/mol. The fourth-order valence-electron chi connectivity index (χ4n) is 1.74. The van der Waals surface area contributed by atoms with Crippen molar-refractivity contribution >= 4 is 5.97 Å². The third-order valence-corrected chi connectivity index (χ3v) is 2.78. The molecule has 0 saturated carbocycles. The van der Waals surface area contributed by atoms with Gasteiger partial charge in [0.05, 0.1) is 11.1 Å². The summed E-state index contributed by atoms with van der Waals surface area (Å²) >= 11 is 0. The first-order chi connectivity index (χ1) is 10.5. The van der Waals surface area contributed by atoms with Gasteiger partial charge in [-0.2, -0.15) is 31.4 Å². The van der Waals surface area contributed by atoms with E-state index in [4.69, 9.17) is 0 Å². The molecule has 0 aliphatic carbocycles. The molecule has 23 heavy (non-hydrogen) atoms. The van der Waals surface area contributed by atoms with Crippen molar-refractivity contribution in [3.05, 3.63) is 47.2 Å². The van der Waals surface area contributed by atoms with E-state index in [-0.39, 0.29) is 0 Å². The lowest BCUT2D eigenvalue weighted by atomic mass is 10.1. The van der Waals surface area contributed by atoms with Crippen LogP contribution in [0.2, 0.25) is 0 Å². The van der Waals surface area contributed by atoms with Crippen LogP contribution in [-0.4, -0.2) is 15.7 Å². The van der Waals surface area contributed by atoms with Crippen molar-refractivity contribution < 1.29 is 35.9 Å². The van der Waals surface area contributed by atoms with Gasteiger partial charge in [0.25, 0.3) is 0 Å². The van der Waals surface area contributed by atoms with Crippen molar-refractivity contribution in [2.75, 3.05) is 0 Å². The average Bonchev–Trinajstić information content (AvgIpc) is 2.79. The van der Waals surface area contributed by atoms with Gasteiger partial charge in [-0.1, -0.05) is 12.1 Å². The molecule has 0 spiro atoms. The molecule has 1 aromatic carbocycles. The lowest BCUT2D eigenvalue weighted by molar-refractivity contribution is -0.141. The van der Waals surface area contributed by atoms with E-state index in [0.717, 1.165) is 19.2 Å². The zero-order valence-electron chi connectivity index (χ0n) is 11.4. The molecule has 4 nitrogen and oxygen atoms in total. The summed E-state index contributed by atoms with van der Waals surface area (Å²) in [6, 6.07) is 4.21. The Morgan fingerprint density at radius 3 is 2.22 bits per heavy atom. The molecule has 0 aliphatic rings. The normalized spacial score (nSPS) is 12.3. The SMILES string of the molecule is Cn1nc(C(F)(F)F)cc1OC(=O)c1ccccc1C(F)(F)F. The van der Waals surface area contributed by atoms with Crippen LogP contribution in [0.5, 0.6) is 5.88 Å². The van der Waals surface area contributed by atoms with Crippen molar-refractivity contribution in [1.29, 1.82) is 0 Å². The maximum atomic E-state index is 12.8. The molecule has 124 valence electrons. The van der Waals surface area contributed by atoms with Gasteiger partial charge in [0.2, 0.25) is 5.88 Å². The van der Waals surface area contributed by atoms with Crippen molar-refractivity contribution in [2.24, 2.45) is 7.05 Å². The van der Waals surface area contributed by atoms with Gasteiger partial charge >= 0.3 is 18.3 Å². The van der Waals surface area contributed by atoms with Gasteiger partial charge in [0.1, 0.15) is 0 Å². The van der Waals surface area contributed by atoms with Crippen molar-refractivity contribution in [1.82, 2.24) is 9.78 Å². The standard InChI is InChI=1S/C13H8F6N2O2/c1-21-10(6-9(20-21)13(17,18)19)23-11(22)7-4-2-3-5-8(7)12(14,15)16/h2-6H,1H3. The average molecular weight is 338 g/mol. The van der Waals surface area contributed by atoms with Crippen molar-refractivity contribution in [3.63, 3.8) is 0 Å². The van der Waals surface area contributed by atoms with Gasteiger partial charge in [-0.15, -0.1) is 0 Å². The highest BCUT2D eigenvalue weighted by Crippen LogP contribution is 2.33. The number of nitrogens with zero attached hydrogens (tertiary/aromatic N) is 2. The number of rotatable bonds is 2. The molecule has 0 saturated heterocycles. The number of benzene rings is 1. The van der Waals surface area contributed by atoms with E-state index in [1.165, 1.54) is 6.07 Å². The molecule has 1 heterocycles. The summed E-state index contributed by atoms with van der Waals surface area (Å²) in [7, 11) is 1.06. The molecule has 0 atom stereocenters. The number of carbonyl (C=O) groups is 1. The molecule has 2 rings (SSSR count). The second kappa shape index (κ2) is 5.60. The monoisotopic (exact) mass is 338 g/mol. The minimum Gasteiger partial charge on any atom is -0.404 e. The van der Waals surface area contributed by atoms with Crippen LogP contribution in [0.1, 0.15) is 21.6 Å². The Bertz CT molecular complexity index is 733. The fourth-order valence-corrected chi connectivity index (χ4v) is 1.74. The highest BCUT2D eigenvalue weighted by molar-refractivity contribution is 5.92. The van der Waals surface area contributed by atoms with Crippen LogP contribution < -0.4 is 4.74 Å². The van der Waals surface area contributed by atoms with Crippen LogP contribution in [0.3, 0.4) is 0 Å².